The van der Waals surface area contributed by atoms with Crippen LogP contribution in [0.4, 0.5) is 10.7 Å². The maximum Gasteiger partial charge on any atom is 0.410 e. The van der Waals surface area contributed by atoms with Gasteiger partial charge in [-0.25, -0.2) is 14.8 Å². The number of benzene rings is 2. The van der Waals surface area contributed by atoms with Gasteiger partial charge in [-0.05, 0) is 68.9 Å². The minimum absolute atomic E-state index is 0.0621. The molecule has 0 radical (unpaired) electrons. The van der Waals surface area contributed by atoms with Gasteiger partial charge in [0.05, 0.1) is 15.7 Å². The minimum Gasteiger partial charge on any atom is -0.444 e. The number of aromatic nitrogens is 2. The SMILES string of the molecule is CC(C)(C)OC(=O)N1CCCC(Nc2ncc3c(n2)-c2ccccc2C(c2ccc(Cl)c(Cl)c2)C3)C1. The van der Waals surface area contributed by atoms with E-state index in [9.17, 15) is 4.79 Å². The molecule has 2 atom stereocenters. The standard InChI is InChI=1S/C28H30Cl2N4O2/c1-28(2,3)36-27(35)34-12-6-7-19(16-34)32-26-31-15-18-13-22(17-10-11-23(29)24(30)14-17)20-8-4-5-9-21(20)25(18)33-26/h4-5,8-11,14-15,19,22H,6-7,12-13,16H2,1-3H3,(H,31,32,33). The number of hydrogen-bond donors (Lipinski definition) is 1. The van der Waals surface area contributed by atoms with Gasteiger partial charge in [0.1, 0.15) is 5.60 Å². The van der Waals surface area contributed by atoms with Gasteiger partial charge in [0, 0.05) is 36.8 Å². The molecule has 1 fully saturated rings. The number of ether oxygens (including phenoxy) is 1. The molecule has 0 spiro atoms. The zero-order valence-corrected chi connectivity index (χ0v) is 22.2. The number of anilines is 1. The molecule has 188 valence electrons. The summed E-state index contributed by atoms with van der Waals surface area (Å²) in [7, 11) is 0. The Morgan fingerprint density at radius 2 is 1.94 bits per heavy atom. The summed E-state index contributed by atoms with van der Waals surface area (Å²) in [5, 5.41) is 4.57. The van der Waals surface area contributed by atoms with E-state index >= 15 is 0 Å². The summed E-state index contributed by atoms with van der Waals surface area (Å²) >= 11 is 12.5. The molecule has 2 aromatic carbocycles. The first kappa shape index (κ1) is 24.8. The molecule has 2 heterocycles. The van der Waals surface area contributed by atoms with Gasteiger partial charge in [-0.15, -0.1) is 0 Å². The molecule has 0 saturated carbocycles. The number of likely N-dealkylation sites (tertiary alicyclic amines) is 1. The van der Waals surface area contributed by atoms with E-state index in [1.54, 1.807) is 4.90 Å². The van der Waals surface area contributed by atoms with Crippen molar-refractivity contribution in [1.82, 2.24) is 14.9 Å². The summed E-state index contributed by atoms with van der Waals surface area (Å²) in [5.74, 6) is 0.721. The van der Waals surface area contributed by atoms with Crippen molar-refractivity contribution in [3.8, 4) is 11.3 Å². The van der Waals surface area contributed by atoms with Crippen molar-refractivity contribution >= 4 is 35.2 Å². The van der Waals surface area contributed by atoms with Crippen LogP contribution in [0.2, 0.25) is 10.0 Å². The molecule has 36 heavy (non-hydrogen) atoms. The number of fused-ring (bicyclic) bond motifs is 3. The molecule has 0 bridgehead atoms. The molecular formula is C28H30Cl2N4O2. The lowest BCUT2D eigenvalue weighted by molar-refractivity contribution is 0.0206. The lowest BCUT2D eigenvalue weighted by Gasteiger charge is -2.34. The Morgan fingerprint density at radius 3 is 2.72 bits per heavy atom. The van der Waals surface area contributed by atoms with Gasteiger partial charge in [-0.1, -0.05) is 53.5 Å². The van der Waals surface area contributed by atoms with Gasteiger partial charge in [-0.3, -0.25) is 0 Å². The van der Waals surface area contributed by atoms with Crippen LogP contribution in [0.1, 0.15) is 56.2 Å². The number of piperidine rings is 1. The van der Waals surface area contributed by atoms with E-state index in [2.05, 4.69) is 28.5 Å². The van der Waals surface area contributed by atoms with Crippen LogP contribution in [0.25, 0.3) is 11.3 Å². The normalized spacial score (nSPS) is 19.3. The van der Waals surface area contributed by atoms with Crippen molar-refractivity contribution in [2.45, 2.75) is 57.6 Å². The van der Waals surface area contributed by atoms with Crippen LogP contribution in [0.15, 0.2) is 48.7 Å². The van der Waals surface area contributed by atoms with Crippen molar-refractivity contribution in [3.63, 3.8) is 0 Å². The van der Waals surface area contributed by atoms with Crippen molar-refractivity contribution in [2.24, 2.45) is 0 Å². The molecule has 5 rings (SSSR count). The van der Waals surface area contributed by atoms with Crippen LogP contribution >= 0.6 is 23.2 Å². The third-order valence-corrected chi connectivity index (χ3v) is 7.37. The highest BCUT2D eigenvalue weighted by molar-refractivity contribution is 6.42. The van der Waals surface area contributed by atoms with Crippen LogP contribution in [-0.4, -0.2) is 45.7 Å². The number of nitrogens with zero attached hydrogens (tertiary/aromatic N) is 3. The first-order valence-corrected chi connectivity index (χ1v) is 13.1. The number of nitrogens with one attached hydrogen (secondary N) is 1. The second-order valence-corrected chi connectivity index (χ2v) is 11.3. The van der Waals surface area contributed by atoms with Gasteiger partial charge in [0.2, 0.25) is 5.95 Å². The van der Waals surface area contributed by atoms with E-state index in [1.807, 2.05) is 51.2 Å². The summed E-state index contributed by atoms with van der Waals surface area (Å²) in [6.45, 7) is 6.91. The number of hydrogen-bond acceptors (Lipinski definition) is 5. The minimum atomic E-state index is -0.512. The predicted octanol–water partition coefficient (Wildman–Crippen LogP) is 6.95. The Bertz CT molecular complexity index is 1290. The van der Waals surface area contributed by atoms with Crippen molar-refractivity contribution in [3.05, 3.63) is 75.4 Å². The number of amides is 1. The smallest absolute Gasteiger partial charge is 0.410 e. The fourth-order valence-corrected chi connectivity index (χ4v) is 5.31. The third-order valence-electron chi connectivity index (χ3n) is 6.63. The summed E-state index contributed by atoms with van der Waals surface area (Å²) < 4.78 is 5.56. The summed E-state index contributed by atoms with van der Waals surface area (Å²) in [4.78, 5) is 23.9. The third kappa shape index (κ3) is 5.30. The molecule has 3 aromatic rings. The van der Waals surface area contributed by atoms with Crippen molar-refractivity contribution in [2.75, 3.05) is 18.4 Å². The second kappa shape index (κ2) is 9.91. The molecule has 1 amide bonds. The molecule has 1 aliphatic heterocycles. The summed E-state index contributed by atoms with van der Waals surface area (Å²) in [6, 6.07) is 14.3. The van der Waals surface area contributed by atoms with Gasteiger partial charge >= 0.3 is 6.09 Å². The quantitative estimate of drug-likeness (QED) is 0.401. The number of halogens is 2. The Labute approximate surface area is 222 Å². The number of rotatable bonds is 3. The van der Waals surface area contributed by atoms with E-state index in [0.29, 0.717) is 29.1 Å². The highest BCUT2D eigenvalue weighted by Gasteiger charge is 2.30. The molecule has 1 N–H and O–H groups in total. The van der Waals surface area contributed by atoms with Crippen LogP contribution < -0.4 is 5.32 Å². The van der Waals surface area contributed by atoms with Gasteiger partial charge in [0.25, 0.3) is 0 Å². The van der Waals surface area contributed by atoms with E-state index in [0.717, 1.165) is 41.6 Å². The first-order chi connectivity index (χ1) is 17.2. The monoisotopic (exact) mass is 524 g/mol. The number of carbonyl (C=O) groups is 1. The summed E-state index contributed by atoms with van der Waals surface area (Å²) in [6.07, 6.45) is 4.26. The fraction of sp³-hybridized carbons (Fsp3) is 0.393. The lowest BCUT2D eigenvalue weighted by atomic mass is 9.78. The average molecular weight is 525 g/mol. The fourth-order valence-electron chi connectivity index (χ4n) is 5.00. The second-order valence-electron chi connectivity index (χ2n) is 10.5. The first-order valence-electron chi connectivity index (χ1n) is 12.3. The molecule has 2 aliphatic rings. The van der Waals surface area contributed by atoms with Crippen molar-refractivity contribution < 1.29 is 9.53 Å². The highest BCUT2D eigenvalue weighted by Crippen LogP contribution is 2.42. The Kier molecular flexibility index (Phi) is 6.84. The van der Waals surface area contributed by atoms with E-state index < -0.39 is 5.60 Å². The van der Waals surface area contributed by atoms with E-state index in [1.165, 1.54) is 5.56 Å². The van der Waals surface area contributed by atoms with Gasteiger partial charge in [-0.2, -0.15) is 0 Å². The van der Waals surface area contributed by atoms with Crippen molar-refractivity contribution in [1.29, 1.82) is 0 Å². The Balaban J connectivity index is 1.37. The maximum absolute atomic E-state index is 12.6. The van der Waals surface area contributed by atoms with Gasteiger partial charge < -0.3 is 15.0 Å². The molecule has 1 aliphatic carbocycles. The predicted molar refractivity (Wildman–Crippen MR) is 144 cm³/mol. The van der Waals surface area contributed by atoms with E-state index in [4.69, 9.17) is 32.9 Å². The molecule has 8 heteroatoms. The maximum atomic E-state index is 12.6. The molecule has 1 aromatic heterocycles. The molecule has 2 unspecified atom stereocenters. The molecule has 6 nitrogen and oxygen atoms in total. The summed E-state index contributed by atoms with van der Waals surface area (Å²) in [5.41, 5.74) is 4.95. The highest BCUT2D eigenvalue weighted by atomic mass is 35.5. The lowest BCUT2D eigenvalue weighted by Crippen LogP contribution is -2.47. The zero-order chi connectivity index (χ0) is 25.4. The van der Waals surface area contributed by atoms with Gasteiger partial charge in [0.15, 0.2) is 0 Å². The van der Waals surface area contributed by atoms with Crippen LogP contribution in [0.5, 0.6) is 0 Å². The zero-order valence-electron chi connectivity index (χ0n) is 20.7. The number of carbonyl (C=O) groups excluding carboxylic acids is 1. The van der Waals surface area contributed by atoms with Crippen LogP contribution in [0, 0.1) is 0 Å². The Morgan fingerprint density at radius 1 is 1.14 bits per heavy atom. The molecular weight excluding hydrogens is 495 g/mol. The average Bonchev–Trinajstić information content (AvgIpc) is 2.84. The largest absolute Gasteiger partial charge is 0.444 e. The van der Waals surface area contributed by atoms with E-state index in [-0.39, 0.29) is 18.1 Å². The molecule has 1 saturated heterocycles. The topological polar surface area (TPSA) is 67.3 Å². The van der Waals surface area contributed by atoms with Crippen LogP contribution in [-0.2, 0) is 11.2 Å². The Hall–Kier alpha value is -2.83. The van der Waals surface area contributed by atoms with Crippen LogP contribution in [0.3, 0.4) is 0 Å².